The molecule has 1 N–H and O–H groups in total. The second-order valence-electron chi connectivity index (χ2n) is 14.2. The first-order chi connectivity index (χ1) is 19.1. The Bertz CT molecular complexity index is 1370. The average Bonchev–Trinajstić information content (AvgIpc) is 3.22. The third-order valence-electron chi connectivity index (χ3n) is 11.2. The summed E-state index contributed by atoms with van der Waals surface area (Å²) >= 11 is 0. The number of hydrogen-bond acceptors (Lipinski definition) is 7. The van der Waals surface area contributed by atoms with Crippen molar-refractivity contribution >= 4 is 11.8 Å². The van der Waals surface area contributed by atoms with Gasteiger partial charge >= 0.3 is 5.97 Å². The molecule has 1 saturated heterocycles. The van der Waals surface area contributed by atoms with Gasteiger partial charge in [-0.3, -0.25) is 4.79 Å². The molecular formula is C33H45NO7. The summed E-state index contributed by atoms with van der Waals surface area (Å²) in [5, 5.41) is 13.2. The lowest BCUT2D eigenvalue weighted by molar-refractivity contribution is -0.302. The van der Waals surface area contributed by atoms with Gasteiger partial charge in [-0.15, -0.1) is 0 Å². The summed E-state index contributed by atoms with van der Waals surface area (Å²) in [5.74, 6) is -1.48. The summed E-state index contributed by atoms with van der Waals surface area (Å²) in [5.41, 5.74) is 0.413. The molecule has 2 heterocycles. The number of esters is 1. The van der Waals surface area contributed by atoms with Crippen LogP contribution in [0.1, 0.15) is 69.6 Å². The Hall–Kier alpha value is -2.26. The zero-order valence-electron chi connectivity index (χ0n) is 25.9. The monoisotopic (exact) mass is 567 g/mol. The number of aryl methyl sites for hydroxylation is 1. The minimum Gasteiger partial charge on any atom is -0.451 e. The second kappa shape index (κ2) is 9.12. The number of carbonyl (C=O) groups is 2. The number of ether oxygens (including phenoxy) is 4. The van der Waals surface area contributed by atoms with Crippen molar-refractivity contribution in [3.05, 3.63) is 46.3 Å². The largest absolute Gasteiger partial charge is 0.451 e. The molecular weight excluding hydrogens is 522 g/mol. The molecule has 8 heteroatoms. The lowest BCUT2D eigenvalue weighted by atomic mass is 9.59. The van der Waals surface area contributed by atoms with E-state index in [-0.39, 0.29) is 35.6 Å². The van der Waals surface area contributed by atoms with Crippen LogP contribution in [0.3, 0.4) is 0 Å². The van der Waals surface area contributed by atoms with Gasteiger partial charge < -0.3 is 28.6 Å². The van der Waals surface area contributed by atoms with E-state index in [0.717, 1.165) is 23.3 Å². The maximum absolute atomic E-state index is 14.9. The molecule has 1 aromatic heterocycles. The zero-order chi connectivity index (χ0) is 29.9. The van der Waals surface area contributed by atoms with Crippen LogP contribution < -0.4 is 0 Å². The fraction of sp³-hybridized carbons (Fsp3) is 0.697. The average molecular weight is 568 g/mol. The zero-order valence-corrected chi connectivity index (χ0v) is 25.9. The van der Waals surface area contributed by atoms with Gasteiger partial charge in [0.2, 0.25) is 0 Å². The number of carbonyl (C=O) groups excluding carboxylic acids is 2. The van der Waals surface area contributed by atoms with Gasteiger partial charge in [-0.2, -0.15) is 0 Å². The summed E-state index contributed by atoms with van der Waals surface area (Å²) < 4.78 is 26.1. The van der Waals surface area contributed by atoms with Gasteiger partial charge in [0.05, 0.1) is 24.2 Å². The molecule has 1 aromatic rings. The minimum absolute atomic E-state index is 0.00450. The molecule has 0 aromatic carbocycles. The highest BCUT2D eigenvalue weighted by molar-refractivity contribution is 5.96. The number of nitrogens with zero attached hydrogens (tertiary/aromatic N) is 1. The molecule has 224 valence electrons. The number of aromatic nitrogens is 1. The number of aliphatic hydroxyl groups is 1. The molecule has 3 fully saturated rings. The SMILES string of the molecule is COCCn1cc(C)c(C(=O)O[C@H]2C(C)=C[C@]34C(=O)[C@@H](C=C5COC(C)(C)O[C@H]5[C@]23O)[C@H]2[C@@H](C[C@H]4C)C2(C)C)c1C. The first-order valence-corrected chi connectivity index (χ1v) is 15.0. The van der Waals surface area contributed by atoms with Crippen molar-refractivity contribution in [2.45, 2.75) is 92.0 Å². The molecule has 8 nitrogen and oxygen atoms in total. The Morgan fingerprint density at radius 1 is 1.20 bits per heavy atom. The van der Waals surface area contributed by atoms with Gasteiger partial charge in [0.15, 0.2) is 23.3 Å². The van der Waals surface area contributed by atoms with E-state index in [9.17, 15) is 14.7 Å². The predicted octanol–water partition coefficient (Wildman–Crippen LogP) is 4.54. The van der Waals surface area contributed by atoms with E-state index in [2.05, 4.69) is 20.8 Å². The molecule has 0 unspecified atom stereocenters. The molecule has 0 amide bonds. The fourth-order valence-corrected chi connectivity index (χ4v) is 9.02. The van der Waals surface area contributed by atoms with Crippen molar-refractivity contribution in [2.24, 2.45) is 34.5 Å². The highest BCUT2D eigenvalue weighted by Gasteiger charge is 2.77. The molecule has 0 radical (unpaired) electrons. The van der Waals surface area contributed by atoms with Gasteiger partial charge in [-0.25, -0.2) is 4.79 Å². The molecule has 41 heavy (non-hydrogen) atoms. The minimum atomic E-state index is -1.83. The topological polar surface area (TPSA) is 96.2 Å². The second-order valence-corrected chi connectivity index (χ2v) is 14.2. The van der Waals surface area contributed by atoms with Crippen molar-refractivity contribution in [3.63, 3.8) is 0 Å². The van der Waals surface area contributed by atoms with Crippen LogP contribution in [0, 0.1) is 48.3 Å². The summed E-state index contributed by atoms with van der Waals surface area (Å²) in [6.45, 7) is 17.2. The number of rotatable bonds is 5. The summed E-state index contributed by atoms with van der Waals surface area (Å²) in [4.78, 5) is 28.8. The highest BCUT2D eigenvalue weighted by Crippen LogP contribution is 2.72. The normalized spacial score (nSPS) is 39.9. The van der Waals surface area contributed by atoms with E-state index in [1.165, 1.54) is 0 Å². The number of hydrogen-bond donors (Lipinski definition) is 1. The predicted molar refractivity (Wildman–Crippen MR) is 152 cm³/mol. The Kier molecular flexibility index (Phi) is 6.41. The summed E-state index contributed by atoms with van der Waals surface area (Å²) in [6.07, 6.45) is 4.74. The molecule has 5 aliphatic rings. The van der Waals surface area contributed by atoms with Gasteiger partial charge in [0.25, 0.3) is 0 Å². The van der Waals surface area contributed by atoms with E-state index < -0.39 is 35.0 Å². The number of ketones is 1. The van der Waals surface area contributed by atoms with Crippen molar-refractivity contribution in [2.75, 3.05) is 20.3 Å². The lowest BCUT2D eigenvalue weighted by Gasteiger charge is -2.52. The van der Waals surface area contributed by atoms with Crippen LogP contribution in [0.2, 0.25) is 0 Å². The smallest absolute Gasteiger partial charge is 0.340 e. The van der Waals surface area contributed by atoms with Gasteiger partial charge in [0.1, 0.15) is 6.10 Å². The quantitative estimate of drug-likeness (QED) is 0.412. The van der Waals surface area contributed by atoms with Crippen molar-refractivity contribution in [1.82, 2.24) is 4.57 Å². The first kappa shape index (κ1) is 28.8. The van der Waals surface area contributed by atoms with Crippen LogP contribution >= 0.6 is 0 Å². The first-order valence-electron chi connectivity index (χ1n) is 15.0. The maximum atomic E-state index is 14.9. The molecule has 2 saturated carbocycles. The fourth-order valence-electron chi connectivity index (χ4n) is 9.02. The Morgan fingerprint density at radius 3 is 2.59 bits per heavy atom. The molecule has 4 aliphatic carbocycles. The Morgan fingerprint density at radius 2 is 1.90 bits per heavy atom. The van der Waals surface area contributed by atoms with Gasteiger partial charge in [-0.1, -0.05) is 32.9 Å². The van der Waals surface area contributed by atoms with Crippen LogP contribution in [-0.4, -0.2) is 65.3 Å². The number of allylic oxidation sites excluding steroid dienone is 1. The molecule has 8 atom stereocenters. The Balaban J connectivity index is 1.47. The van der Waals surface area contributed by atoms with Crippen molar-refractivity contribution in [1.29, 1.82) is 0 Å². The summed E-state index contributed by atoms with van der Waals surface area (Å²) in [7, 11) is 1.65. The third-order valence-corrected chi connectivity index (χ3v) is 11.2. The van der Waals surface area contributed by atoms with E-state index in [1.54, 1.807) is 7.11 Å². The standard InChI is InChI=1S/C33H45NO7/c1-17-14-32-19(3)12-23-25(30(23,5)6)22(26(32)35)13-21-16-39-31(7,8)41-28(21)33(32,37)27(17)40-29(36)24-18(2)15-34(20(24)4)10-11-38-9/h13-15,19,22-23,25,27-28,37H,10-12,16H2,1-9H3/t19-,22+,23-,25+,27+,28-,32+,33-/m1/s1. The van der Waals surface area contributed by atoms with Crippen LogP contribution in [0.15, 0.2) is 29.5 Å². The third kappa shape index (κ3) is 3.79. The van der Waals surface area contributed by atoms with E-state index >= 15 is 0 Å². The van der Waals surface area contributed by atoms with Crippen molar-refractivity contribution < 1.29 is 33.6 Å². The van der Waals surface area contributed by atoms with Gasteiger partial charge in [0, 0.05) is 31.5 Å². The molecule has 1 aliphatic heterocycles. The Labute approximate surface area is 243 Å². The molecule has 1 spiro atoms. The number of fused-ring (bicyclic) bond motifs is 5. The number of methoxy groups -OCH3 is 1. The number of Topliss-reactive ketones (excluding diaryl/α,β-unsaturated/α-hetero) is 1. The van der Waals surface area contributed by atoms with Gasteiger partial charge in [-0.05, 0) is 80.9 Å². The van der Waals surface area contributed by atoms with E-state index in [4.69, 9.17) is 18.9 Å². The summed E-state index contributed by atoms with van der Waals surface area (Å²) in [6, 6.07) is 0. The van der Waals surface area contributed by atoms with E-state index in [1.807, 2.05) is 57.5 Å². The van der Waals surface area contributed by atoms with Crippen LogP contribution in [-0.2, 0) is 30.3 Å². The van der Waals surface area contributed by atoms with Crippen LogP contribution in [0.25, 0.3) is 0 Å². The lowest BCUT2D eigenvalue weighted by Crippen LogP contribution is -2.68. The highest BCUT2D eigenvalue weighted by atomic mass is 16.7. The molecule has 2 bridgehead atoms. The van der Waals surface area contributed by atoms with Crippen LogP contribution in [0.4, 0.5) is 0 Å². The van der Waals surface area contributed by atoms with E-state index in [0.29, 0.717) is 30.2 Å². The van der Waals surface area contributed by atoms with Crippen molar-refractivity contribution in [3.8, 4) is 0 Å². The maximum Gasteiger partial charge on any atom is 0.340 e. The van der Waals surface area contributed by atoms with Crippen LogP contribution in [0.5, 0.6) is 0 Å². The molecule has 6 rings (SSSR count).